The van der Waals surface area contributed by atoms with Gasteiger partial charge in [0.15, 0.2) is 11.0 Å². The number of thioether (sulfide) groups is 1. The second-order valence-corrected chi connectivity index (χ2v) is 8.13. The number of benzene rings is 2. The summed E-state index contributed by atoms with van der Waals surface area (Å²) >= 11 is 4.83. The second kappa shape index (κ2) is 7.89. The van der Waals surface area contributed by atoms with Crippen molar-refractivity contribution in [3.05, 3.63) is 68.7 Å². The number of nitrogens with zero attached hydrogens (tertiary/aromatic N) is 4. The first-order valence-electron chi connectivity index (χ1n) is 8.77. The third-order valence-corrected chi connectivity index (χ3v) is 5.76. The van der Waals surface area contributed by atoms with Crippen LogP contribution in [0.5, 0.6) is 0 Å². The molecule has 0 bridgehead atoms. The van der Waals surface area contributed by atoms with Crippen LogP contribution in [0.1, 0.15) is 18.3 Å². The van der Waals surface area contributed by atoms with Crippen molar-refractivity contribution in [3.8, 4) is 11.5 Å². The molecule has 0 aliphatic heterocycles. The van der Waals surface area contributed by atoms with Gasteiger partial charge in [0.2, 0.25) is 0 Å². The monoisotopic (exact) mass is 456 g/mol. The van der Waals surface area contributed by atoms with Crippen LogP contribution in [0.25, 0.3) is 22.4 Å². The van der Waals surface area contributed by atoms with Crippen LogP contribution < -0.4 is 5.56 Å². The van der Waals surface area contributed by atoms with E-state index in [1.807, 2.05) is 50.2 Å². The van der Waals surface area contributed by atoms with Gasteiger partial charge in [0.25, 0.3) is 11.4 Å². The Balaban J connectivity index is 1.60. The van der Waals surface area contributed by atoms with E-state index in [0.29, 0.717) is 40.1 Å². The van der Waals surface area contributed by atoms with Gasteiger partial charge in [-0.05, 0) is 44.2 Å². The van der Waals surface area contributed by atoms with E-state index in [4.69, 9.17) is 4.52 Å². The lowest BCUT2D eigenvalue weighted by molar-refractivity contribution is 0.425. The Labute approximate surface area is 174 Å². The zero-order valence-electron chi connectivity index (χ0n) is 15.3. The molecule has 6 nitrogen and oxygen atoms in total. The number of fused-ring (bicyclic) bond motifs is 1. The van der Waals surface area contributed by atoms with Crippen molar-refractivity contribution in [2.24, 2.45) is 0 Å². The van der Waals surface area contributed by atoms with Crippen molar-refractivity contribution in [1.82, 2.24) is 19.7 Å². The van der Waals surface area contributed by atoms with Crippen molar-refractivity contribution in [2.75, 3.05) is 0 Å². The molecule has 8 heteroatoms. The van der Waals surface area contributed by atoms with E-state index in [-0.39, 0.29) is 5.56 Å². The van der Waals surface area contributed by atoms with Gasteiger partial charge in [-0.25, -0.2) is 4.98 Å². The summed E-state index contributed by atoms with van der Waals surface area (Å²) in [5.74, 6) is 1.51. The van der Waals surface area contributed by atoms with Gasteiger partial charge in [0.05, 0.1) is 16.7 Å². The van der Waals surface area contributed by atoms with Gasteiger partial charge in [-0.2, -0.15) is 4.98 Å². The third-order valence-electron chi connectivity index (χ3n) is 4.29. The summed E-state index contributed by atoms with van der Waals surface area (Å²) < 4.78 is 7.90. The molecule has 0 spiro atoms. The number of hydrogen-bond acceptors (Lipinski definition) is 6. The summed E-state index contributed by atoms with van der Waals surface area (Å²) in [5.41, 5.74) is 2.68. The zero-order valence-corrected chi connectivity index (χ0v) is 17.7. The first kappa shape index (κ1) is 18.9. The molecule has 0 radical (unpaired) electrons. The standard InChI is InChI=1S/C20H17BrN4O2S/c1-3-25-19(26)15-10-14(21)8-9-16(15)22-20(25)28-11-17-23-18(27-24-17)13-6-4-12(2)5-7-13/h4-10H,3,11H2,1-2H3. The van der Waals surface area contributed by atoms with Crippen LogP contribution in [-0.4, -0.2) is 19.7 Å². The van der Waals surface area contributed by atoms with Gasteiger partial charge in [0.1, 0.15) is 0 Å². The van der Waals surface area contributed by atoms with E-state index in [1.54, 1.807) is 10.6 Å². The number of aromatic nitrogens is 4. The Morgan fingerprint density at radius 2 is 1.93 bits per heavy atom. The molecule has 2 aromatic carbocycles. The molecule has 28 heavy (non-hydrogen) atoms. The van der Waals surface area contributed by atoms with Crippen molar-refractivity contribution >= 4 is 38.6 Å². The van der Waals surface area contributed by atoms with Gasteiger partial charge in [-0.3, -0.25) is 9.36 Å². The summed E-state index contributed by atoms with van der Waals surface area (Å²) in [7, 11) is 0. The Morgan fingerprint density at radius 3 is 2.68 bits per heavy atom. The third kappa shape index (κ3) is 3.74. The van der Waals surface area contributed by atoms with E-state index >= 15 is 0 Å². The van der Waals surface area contributed by atoms with E-state index in [9.17, 15) is 4.79 Å². The molecule has 0 fully saturated rings. The van der Waals surface area contributed by atoms with Crippen LogP contribution in [0.4, 0.5) is 0 Å². The summed E-state index contributed by atoms with van der Waals surface area (Å²) in [6.07, 6.45) is 0. The van der Waals surface area contributed by atoms with Gasteiger partial charge in [-0.15, -0.1) is 0 Å². The minimum Gasteiger partial charge on any atom is -0.334 e. The molecule has 0 atom stereocenters. The number of rotatable bonds is 5. The summed E-state index contributed by atoms with van der Waals surface area (Å²) in [5, 5.41) is 5.30. The Kier molecular flexibility index (Phi) is 5.32. The normalized spacial score (nSPS) is 11.2. The molecule has 0 amide bonds. The molecule has 0 aliphatic rings. The van der Waals surface area contributed by atoms with Gasteiger partial charge < -0.3 is 4.52 Å². The minimum absolute atomic E-state index is 0.0512. The Bertz CT molecular complexity index is 1200. The van der Waals surface area contributed by atoms with Crippen molar-refractivity contribution in [3.63, 3.8) is 0 Å². The highest BCUT2D eigenvalue weighted by atomic mass is 79.9. The molecular formula is C20H17BrN4O2S. The molecule has 0 N–H and O–H groups in total. The molecule has 4 rings (SSSR count). The van der Waals surface area contributed by atoms with E-state index < -0.39 is 0 Å². The van der Waals surface area contributed by atoms with Gasteiger partial charge in [0, 0.05) is 16.6 Å². The average Bonchev–Trinajstić information content (AvgIpc) is 3.16. The Hall–Kier alpha value is -2.45. The molecule has 2 aromatic heterocycles. The fourth-order valence-corrected chi connectivity index (χ4v) is 4.08. The van der Waals surface area contributed by atoms with Gasteiger partial charge in [-0.1, -0.05) is 50.5 Å². The predicted molar refractivity (Wildman–Crippen MR) is 113 cm³/mol. The van der Waals surface area contributed by atoms with Crippen LogP contribution in [0, 0.1) is 6.92 Å². The zero-order chi connectivity index (χ0) is 19.7. The molecular weight excluding hydrogens is 440 g/mol. The molecule has 2 heterocycles. The topological polar surface area (TPSA) is 73.8 Å². The van der Waals surface area contributed by atoms with E-state index in [2.05, 4.69) is 31.1 Å². The quantitative estimate of drug-likeness (QED) is 0.316. The van der Waals surface area contributed by atoms with Crippen molar-refractivity contribution < 1.29 is 4.52 Å². The maximum Gasteiger partial charge on any atom is 0.262 e. The molecule has 0 aliphatic carbocycles. The maximum atomic E-state index is 12.8. The lowest BCUT2D eigenvalue weighted by Crippen LogP contribution is -2.22. The smallest absolute Gasteiger partial charge is 0.262 e. The fraction of sp³-hybridized carbons (Fsp3) is 0.200. The highest BCUT2D eigenvalue weighted by molar-refractivity contribution is 9.10. The first-order valence-corrected chi connectivity index (χ1v) is 10.6. The number of hydrogen-bond donors (Lipinski definition) is 0. The van der Waals surface area contributed by atoms with Crippen molar-refractivity contribution in [1.29, 1.82) is 0 Å². The molecule has 142 valence electrons. The van der Waals surface area contributed by atoms with Crippen LogP contribution in [0.3, 0.4) is 0 Å². The predicted octanol–water partition coefficient (Wildman–Crippen LogP) is 4.83. The molecule has 0 saturated heterocycles. The highest BCUT2D eigenvalue weighted by Crippen LogP contribution is 2.24. The van der Waals surface area contributed by atoms with Crippen LogP contribution in [0.15, 0.2) is 61.4 Å². The number of halogens is 1. The van der Waals surface area contributed by atoms with E-state index in [0.717, 1.165) is 10.0 Å². The second-order valence-electron chi connectivity index (χ2n) is 6.28. The van der Waals surface area contributed by atoms with Crippen LogP contribution in [-0.2, 0) is 12.3 Å². The fourth-order valence-electron chi connectivity index (χ4n) is 2.82. The highest BCUT2D eigenvalue weighted by Gasteiger charge is 2.14. The lowest BCUT2D eigenvalue weighted by Gasteiger charge is -2.10. The maximum absolute atomic E-state index is 12.8. The summed E-state index contributed by atoms with van der Waals surface area (Å²) in [4.78, 5) is 21.9. The summed E-state index contributed by atoms with van der Waals surface area (Å²) in [6.45, 7) is 4.50. The first-order chi connectivity index (χ1) is 13.5. The molecule has 0 saturated carbocycles. The van der Waals surface area contributed by atoms with Crippen LogP contribution >= 0.6 is 27.7 Å². The lowest BCUT2D eigenvalue weighted by atomic mass is 10.1. The summed E-state index contributed by atoms with van der Waals surface area (Å²) in [6, 6.07) is 13.4. The molecule has 0 unspecified atom stereocenters. The Morgan fingerprint density at radius 1 is 1.14 bits per heavy atom. The van der Waals surface area contributed by atoms with Crippen molar-refractivity contribution in [2.45, 2.75) is 31.3 Å². The largest absolute Gasteiger partial charge is 0.334 e. The SMILES string of the molecule is CCn1c(SCc2noc(-c3ccc(C)cc3)n2)nc2ccc(Br)cc2c1=O. The molecule has 4 aromatic rings. The van der Waals surface area contributed by atoms with Crippen LogP contribution in [0.2, 0.25) is 0 Å². The number of aryl methyl sites for hydroxylation is 1. The minimum atomic E-state index is -0.0512. The van der Waals surface area contributed by atoms with E-state index in [1.165, 1.54) is 17.3 Å². The van der Waals surface area contributed by atoms with Gasteiger partial charge >= 0.3 is 0 Å². The average molecular weight is 457 g/mol.